The molecule has 2 heterocycles. The summed E-state index contributed by atoms with van der Waals surface area (Å²) < 4.78 is 0. The highest BCUT2D eigenvalue weighted by Crippen LogP contribution is 2.23. The Morgan fingerprint density at radius 1 is 1.29 bits per heavy atom. The van der Waals surface area contributed by atoms with Gasteiger partial charge in [-0.1, -0.05) is 0 Å². The molecule has 0 saturated carbocycles. The lowest BCUT2D eigenvalue weighted by atomic mass is 10.2. The van der Waals surface area contributed by atoms with E-state index in [1.54, 1.807) is 30.5 Å². The number of pyridine rings is 1. The molecular weight excluding hydrogens is 198 g/mol. The summed E-state index contributed by atoms with van der Waals surface area (Å²) in [5, 5.41) is 0. The summed E-state index contributed by atoms with van der Waals surface area (Å²) in [6, 6.07) is 6.98. The van der Waals surface area contributed by atoms with Gasteiger partial charge in [-0.3, -0.25) is 9.59 Å². The summed E-state index contributed by atoms with van der Waals surface area (Å²) in [5.74, 6) is 0. The molecule has 2 aromatic rings. The highest BCUT2D eigenvalue weighted by atomic mass is 32.1. The van der Waals surface area contributed by atoms with Crippen molar-refractivity contribution in [2.45, 2.75) is 0 Å². The fourth-order valence-corrected chi connectivity index (χ4v) is 2.02. The van der Waals surface area contributed by atoms with E-state index in [9.17, 15) is 9.59 Å². The second kappa shape index (κ2) is 3.59. The van der Waals surface area contributed by atoms with E-state index in [4.69, 9.17) is 0 Å². The van der Waals surface area contributed by atoms with Gasteiger partial charge in [0.25, 0.3) is 5.56 Å². The van der Waals surface area contributed by atoms with E-state index in [1.165, 1.54) is 11.3 Å². The van der Waals surface area contributed by atoms with E-state index in [2.05, 4.69) is 4.98 Å². The number of aldehydes is 1. The van der Waals surface area contributed by atoms with Gasteiger partial charge in [0.1, 0.15) is 0 Å². The molecule has 0 spiro atoms. The molecule has 0 amide bonds. The van der Waals surface area contributed by atoms with Crippen LogP contribution in [0, 0.1) is 0 Å². The zero-order valence-corrected chi connectivity index (χ0v) is 8.01. The van der Waals surface area contributed by atoms with E-state index in [-0.39, 0.29) is 5.56 Å². The summed E-state index contributed by atoms with van der Waals surface area (Å²) in [7, 11) is 0. The van der Waals surface area contributed by atoms with Crippen LogP contribution in [-0.2, 0) is 0 Å². The number of aromatic amines is 1. The predicted molar refractivity (Wildman–Crippen MR) is 55.8 cm³/mol. The Morgan fingerprint density at radius 3 is 2.79 bits per heavy atom. The standard InChI is InChI=1S/C10H7NO2S/c12-6-7-3-4-9(14-7)8-2-1-5-11-10(8)13/h1-6H,(H,11,13). The average molecular weight is 205 g/mol. The van der Waals surface area contributed by atoms with Crippen molar-refractivity contribution < 1.29 is 4.79 Å². The van der Waals surface area contributed by atoms with Crippen molar-refractivity contribution in [1.29, 1.82) is 0 Å². The van der Waals surface area contributed by atoms with E-state index in [0.29, 0.717) is 10.4 Å². The van der Waals surface area contributed by atoms with Crippen molar-refractivity contribution in [3.63, 3.8) is 0 Å². The smallest absolute Gasteiger partial charge is 0.256 e. The average Bonchev–Trinajstić information content (AvgIpc) is 2.67. The molecule has 2 rings (SSSR count). The first kappa shape index (κ1) is 8.90. The van der Waals surface area contributed by atoms with Gasteiger partial charge in [-0.25, -0.2) is 0 Å². The van der Waals surface area contributed by atoms with Crippen LogP contribution in [0.2, 0.25) is 0 Å². The lowest BCUT2D eigenvalue weighted by molar-refractivity contribution is 0.112. The lowest BCUT2D eigenvalue weighted by Crippen LogP contribution is -2.05. The molecule has 70 valence electrons. The van der Waals surface area contributed by atoms with Crippen LogP contribution in [0.15, 0.2) is 35.3 Å². The number of nitrogens with one attached hydrogen (secondary N) is 1. The largest absolute Gasteiger partial charge is 0.329 e. The first-order chi connectivity index (χ1) is 6.81. The number of rotatable bonds is 2. The Bertz CT molecular complexity index is 513. The number of carbonyl (C=O) groups excluding carboxylic acids is 1. The van der Waals surface area contributed by atoms with E-state index < -0.39 is 0 Å². The number of carbonyl (C=O) groups is 1. The SMILES string of the molecule is O=Cc1ccc(-c2ccc[nH]c2=O)s1. The summed E-state index contributed by atoms with van der Waals surface area (Å²) in [6.45, 7) is 0. The molecule has 0 radical (unpaired) electrons. The molecule has 0 aliphatic carbocycles. The van der Waals surface area contributed by atoms with Gasteiger partial charge in [-0.2, -0.15) is 0 Å². The molecule has 4 heteroatoms. The molecule has 2 aromatic heterocycles. The molecular formula is C10H7NO2S. The van der Waals surface area contributed by atoms with Crippen molar-refractivity contribution in [3.05, 3.63) is 45.7 Å². The van der Waals surface area contributed by atoms with Gasteiger partial charge in [0.2, 0.25) is 0 Å². The molecule has 0 aliphatic rings. The third kappa shape index (κ3) is 1.52. The van der Waals surface area contributed by atoms with Gasteiger partial charge < -0.3 is 4.98 Å². The minimum atomic E-state index is -0.133. The van der Waals surface area contributed by atoms with Crippen molar-refractivity contribution in [1.82, 2.24) is 4.98 Å². The van der Waals surface area contributed by atoms with Crippen LogP contribution in [0.4, 0.5) is 0 Å². The van der Waals surface area contributed by atoms with E-state index in [0.717, 1.165) is 11.2 Å². The minimum Gasteiger partial charge on any atom is -0.329 e. The van der Waals surface area contributed by atoms with Crippen LogP contribution in [0.5, 0.6) is 0 Å². The summed E-state index contributed by atoms with van der Waals surface area (Å²) in [6.07, 6.45) is 2.37. The topological polar surface area (TPSA) is 49.9 Å². The molecule has 3 nitrogen and oxygen atoms in total. The first-order valence-electron chi connectivity index (χ1n) is 4.04. The van der Waals surface area contributed by atoms with Crippen LogP contribution in [0.3, 0.4) is 0 Å². The Kier molecular flexibility index (Phi) is 2.28. The molecule has 0 aromatic carbocycles. The van der Waals surface area contributed by atoms with Crippen molar-refractivity contribution >= 4 is 17.6 Å². The third-order valence-electron chi connectivity index (χ3n) is 1.83. The van der Waals surface area contributed by atoms with Gasteiger partial charge in [-0.15, -0.1) is 11.3 Å². The van der Waals surface area contributed by atoms with Crippen LogP contribution in [-0.4, -0.2) is 11.3 Å². The fraction of sp³-hybridized carbons (Fsp3) is 0. The Hall–Kier alpha value is -1.68. The zero-order chi connectivity index (χ0) is 9.97. The Balaban J connectivity index is 2.55. The van der Waals surface area contributed by atoms with Crippen LogP contribution >= 0.6 is 11.3 Å². The number of hydrogen-bond acceptors (Lipinski definition) is 3. The van der Waals surface area contributed by atoms with Crippen LogP contribution in [0.25, 0.3) is 10.4 Å². The van der Waals surface area contributed by atoms with Gasteiger partial charge in [-0.05, 0) is 24.3 Å². The summed E-state index contributed by atoms with van der Waals surface area (Å²) in [5.41, 5.74) is 0.470. The van der Waals surface area contributed by atoms with Gasteiger partial charge in [0.05, 0.1) is 10.4 Å². The number of thiophene rings is 1. The second-order valence-corrected chi connectivity index (χ2v) is 3.85. The molecule has 1 N–H and O–H groups in total. The molecule has 0 atom stereocenters. The predicted octanol–water partition coefficient (Wildman–Crippen LogP) is 1.92. The van der Waals surface area contributed by atoms with Crippen molar-refractivity contribution in [3.8, 4) is 10.4 Å². The van der Waals surface area contributed by atoms with Gasteiger partial charge >= 0.3 is 0 Å². The summed E-state index contributed by atoms with van der Waals surface area (Å²) in [4.78, 5) is 25.9. The third-order valence-corrected chi connectivity index (χ3v) is 2.87. The van der Waals surface area contributed by atoms with Crippen molar-refractivity contribution in [2.24, 2.45) is 0 Å². The maximum atomic E-state index is 11.4. The van der Waals surface area contributed by atoms with Crippen molar-refractivity contribution in [2.75, 3.05) is 0 Å². The highest BCUT2D eigenvalue weighted by molar-refractivity contribution is 7.17. The molecule has 0 aliphatic heterocycles. The second-order valence-electron chi connectivity index (χ2n) is 2.73. The normalized spacial score (nSPS) is 10.0. The molecule has 0 bridgehead atoms. The Labute approximate surface area is 84.0 Å². The zero-order valence-electron chi connectivity index (χ0n) is 7.19. The number of H-pyrrole nitrogens is 1. The molecule has 14 heavy (non-hydrogen) atoms. The quantitative estimate of drug-likeness (QED) is 0.761. The maximum Gasteiger partial charge on any atom is 0.256 e. The lowest BCUT2D eigenvalue weighted by Gasteiger charge is -1.92. The number of hydrogen-bond donors (Lipinski definition) is 1. The number of aromatic nitrogens is 1. The molecule has 0 saturated heterocycles. The van der Waals surface area contributed by atoms with Gasteiger partial charge in [0.15, 0.2) is 6.29 Å². The summed E-state index contributed by atoms with van der Waals surface area (Å²) >= 11 is 1.31. The highest BCUT2D eigenvalue weighted by Gasteiger charge is 2.04. The first-order valence-corrected chi connectivity index (χ1v) is 4.86. The maximum absolute atomic E-state index is 11.4. The molecule has 0 fully saturated rings. The van der Waals surface area contributed by atoms with Crippen LogP contribution in [0.1, 0.15) is 9.67 Å². The minimum absolute atomic E-state index is 0.133. The fourth-order valence-electron chi connectivity index (χ4n) is 1.18. The van der Waals surface area contributed by atoms with E-state index in [1.807, 2.05) is 0 Å². The van der Waals surface area contributed by atoms with Gasteiger partial charge in [0, 0.05) is 11.1 Å². The van der Waals surface area contributed by atoms with Crippen LogP contribution < -0.4 is 5.56 Å². The molecule has 0 unspecified atom stereocenters. The Morgan fingerprint density at radius 2 is 2.14 bits per heavy atom. The monoisotopic (exact) mass is 205 g/mol. The van der Waals surface area contributed by atoms with E-state index >= 15 is 0 Å².